The third kappa shape index (κ3) is 5.18. The summed E-state index contributed by atoms with van der Waals surface area (Å²) in [5.74, 6) is 0.904. The fourth-order valence-electron chi connectivity index (χ4n) is 2.66. The van der Waals surface area contributed by atoms with Crippen LogP contribution in [0, 0.1) is 5.82 Å². The van der Waals surface area contributed by atoms with E-state index in [0.717, 1.165) is 11.1 Å². The Hall–Kier alpha value is -2.63. The maximum Gasteiger partial charge on any atom is 0.166 e. The zero-order valence-electron chi connectivity index (χ0n) is 14.9. The number of ether oxygens (including phenoxy) is 2. The lowest BCUT2D eigenvalue weighted by Crippen LogP contribution is -2.14. The van der Waals surface area contributed by atoms with Crippen LogP contribution in [0.3, 0.4) is 0 Å². The van der Waals surface area contributed by atoms with Gasteiger partial charge in [0.15, 0.2) is 11.5 Å². The summed E-state index contributed by atoms with van der Waals surface area (Å²) >= 11 is 6.09. The minimum atomic E-state index is -0.373. The minimum absolute atomic E-state index is 0.219. The van der Waals surface area contributed by atoms with Gasteiger partial charge in [0.1, 0.15) is 12.4 Å². The maximum absolute atomic E-state index is 13.2. The van der Waals surface area contributed by atoms with Gasteiger partial charge in [-0.15, -0.1) is 0 Å². The minimum Gasteiger partial charge on any atom is -0.493 e. The molecule has 0 aliphatic rings. The van der Waals surface area contributed by atoms with Gasteiger partial charge in [-0.05, 0) is 35.9 Å². The van der Waals surface area contributed by atoms with E-state index in [9.17, 15) is 4.39 Å². The van der Waals surface area contributed by atoms with Crippen LogP contribution in [-0.4, -0.2) is 12.1 Å². The predicted molar refractivity (Wildman–Crippen MR) is 104 cm³/mol. The molecule has 27 heavy (non-hydrogen) atoms. The molecule has 1 aromatic heterocycles. The molecule has 0 saturated carbocycles. The van der Waals surface area contributed by atoms with Crippen molar-refractivity contribution in [1.29, 1.82) is 0 Å². The molecule has 0 aliphatic heterocycles. The van der Waals surface area contributed by atoms with Crippen molar-refractivity contribution >= 4 is 11.6 Å². The van der Waals surface area contributed by atoms with Crippen LogP contribution in [0.1, 0.15) is 16.7 Å². The van der Waals surface area contributed by atoms with Gasteiger partial charge in [-0.3, -0.25) is 4.98 Å². The molecule has 0 saturated heterocycles. The zero-order chi connectivity index (χ0) is 19.1. The standard InChI is InChI=1S/C21H20ClFN2O2/c1-26-20-4-2-3-16(13-25-12-15-7-9-24-10-8-15)21(20)27-14-17-5-6-18(23)11-19(17)22/h2-11,25H,12-14H2,1H3. The van der Waals surface area contributed by atoms with Crippen molar-refractivity contribution in [3.05, 3.63) is 88.5 Å². The monoisotopic (exact) mass is 386 g/mol. The van der Waals surface area contributed by atoms with Gasteiger partial charge < -0.3 is 14.8 Å². The number of nitrogens with zero attached hydrogens (tertiary/aromatic N) is 1. The molecular formula is C21H20ClFN2O2. The highest BCUT2D eigenvalue weighted by Crippen LogP contribution is 2.32. The fourth-order valence-corrected chi connectivity index (χ4v) is 2.88. The quantitative estimate of drug-likeness (QED) is 0.606. The van der Waals surface area contributed by atoms with E-state index in [0.29, 0.717) is 35.2 Å². The summed E-state index contributed by atoms with van der Waals surface area (Å²) in [6.07, 6.45) is 3.53. The molecule has 1 N–H and O–H groups in total. The second-order valence-electron chi connectivity index (χ2n) is 5.93. The van der Waals surface area contributed by atoms with E-state index in [1.54, 1.807) is 25.6 Å². The Morgan fingerprint density at radius 1 is 1.04 bits per heavy atom. The summed E-state index contributed by atoms with van der Waals surface area (Å²) in [7, 11) is 1.60. The number of methoxy groups -OCH3 is 1. The first kappa shape index (κ1) is 19.1. The van der Waals surface area contributed by atoms with E-state index in [2.05, 4.69) is 10.3 Å². The van der Waals surface area contributed by atoms with E-state index < -0.39 is 0 Å². The Morgan fingerprint density at radius 3 is 2.59 bits per heavy atom. The van der Waals surface area contributed by atoms with E-state index >= 15 is 0 Å². The number of aromatic nitrogens is 1. The summed E-state index contributed by atoms with van der Waals surface area (Å²) in [5.41, 5.74) is 2.81. The molecule has 0 radical (unpaired) electrons. The van der Waals surface area contributed by atoms with Gasteiger partial charge in [-0.2, -0.15) is 0 Å². The van der Waals surface area contributed by atoms with E-state index in [1.165, 1.54) is 12.1 Å². The number of hydrogen-bond acceptors (Lipinski definition) is 4. The molecule has 1 heterocycles. The Bertz CT molecular complexity index is 891. The van der Waals surface area contributed by atoms with Crippen molar-refractivity contribution in [2.45, 2.75) is 19.7 Å². The lowest BCUT2D eigenvalue weighted by atomic mass is 10.1. The average molecular weight is 387 g/mol. The summed E-state index contributed by atoms with van der Waals surface area (Å²) in [6, 6.07) is 13.9. The number of pyridine rings is 1. The smallest absolute Gasteiger partial charge is 0.166 e. The Morgan fingerprint density at radius 2 is 1.85 bits per heavy atom. The topological polar surface area (TPSA) is 43.4 Å². The second kappa shape index (κ2) is 9.35. The normalized spacial score (nSPS) is 10.6. The van der Waals surface area contributed by atoms with Crippen LogP contribution >= 0.6 is 11.6 Å². The van der Waals surface area contributed by atoms with Gasteiger partial charge in [0.05, 0.1) is 12.1 Å². The van der Waals surface area contributed by atoms with Crippen molar-refractivity contribution in [3.63, 3.8) is 0 Å². The van der Waals surface area contributed by atoms with Crippen LogP contribution in [0.15, 0.2) is 60.9 Å². The summed E-state index contributed by atoms with van der Waals surface area (Å²) in [6.45, 7) is 1.53. The molecule has 0 amide bonds. The lowest BCUT2D eigenvalue weighted by molar-refractivity contribution is 0.280. The van der Waals surface area contributed by atoms with Crippen LogP contribution in [0.5, 0.6) is 11.5 Å². The Labute approximate surface area is 162 Å². The largest absolute Gasteiger partial charge is 0.493 e. The van der Waals surface area contributed by atoms with Crippen molar-refractivity contribution in [1.82, 2.24) is 10.3 Å². The number of halogens is 2. The van der Waals surface area contributed by atoms with E-state index in [4.69, 9.17) is 21.1 Å². The van der Waals surface area contributed by atoms with Crippen molar-refractivity contribution in [3.8, 4) is 11.5 Å². The van der Waals surface area contributed by atoms with Gasteiger partial charge in [-0.25, -0.2) is 4.39 Å². The SMILES string of the molecule is COc1cccc(CNCc2ccncc2)c1OCc1ccc(F)cc1Cl. The summed E-state index contributed by atoms with van der Waals surface area (Å²) < 4.78 is 24.6. The third-order valence-electron chi connectivity index (χ3n) is 4.06. The highest BCUT2D eigenvalue weighted by molar-refractivity contribution is 6.31. The summed E-state index contributed by atoms with van der Waals surface area (Å²) in [5, 5.41) is 3.72. The molecule has 3 rings (SSSR count). The van der Waals surface area contributed by atoms with Crippen molar-refractivity contribution in [2.24, 2.45) is 0 Å². The number of nitrogens with one attached hydrogen (secondary N) is 1. The number of benzene rings is 2. The lowest BCUT2D eigenvalue weighted by Gasteiger charge is -2.16. The molecule has 0 spiro atoms. The molecule has 0 fully saturated rings. The molecular weight excluding hydrogens is 367 g/mol. The van der Waals surface area contributed by atoms with Gasteiger partial charge >= 0.3 is 0 Å². The van der Waals surface area contributed by atoms with E-state index in [-0.39, 0.29) is 12.4 Å². The van der Waals surface area contributed by atoms with Gasteiger partial charge in [0.25, 0.3) is 0 Å². The molecule has 140 valence electrons. The van der Waals surface area contributed by atoms with Crippen molar-refractivity contribution < 1.29 is 13.9 Å². The number of hydrogen-bond donors (Lipinski definition) is 1. The molecule has 6 heteroatoms. The molecule has 0 unspecified atom stereocenters. The van der Waals surface area contributed by atoms with Gasteiger partial charge in [0, 0.05) is 36.6 Å². The summed E-state index contributed by atoms with van der Waals surface area (Å²) in [4.78, 5) is 4.02. The molecule has 4 nitrogen and oxygen atoms in total. The first-order chi connectivity index (χ1) is 13.2. The first-order valence-corrected chi connectivity index (χ1v) is 8.87. The van der Waals surface area contributed by atoms with E-state index in [1.807, 2.05) is 30.3 Å². The Balaban J connectivity index is 1.71. The molecule has 0 atom stereocenters. The first-order valence-electron chi connectivity index (χ1n) is 8.49. The van der Waals surface area contributed by atoms with Crippen LogP contribution in [-0.2, 0) is 19.7 Å². The highest BCUT2D eigenvalue weighted by atomic mass is 35.5. The van der Waals surface area contributed by atoms with Crippen LogP contribution in [0.4, 0.5) is 4.39 Å². The van der Waals surface area contributed by atoms with Crippen LogP contribution < -0.4 is 14.8 Å². The highest BCUT2D eigenvalue weighted by Gasteiger charge is 2.12. The van der Waals surface area contributed by atoms with Crippen molar-refractivity contribution in [2.75, 3.05) is 7.11 Å². The predicted octanol–water partition coefficient (Wildman–Crippen LogP) is 4.75. The van der Waals surface area contributed by atoms with Gasteiger partial charge in [-0.1, -0.05) is 29.8 Å². The molecule has 0 aliphatic carbocycles. The fraction of sp³-hybridized carbons (Fsp3) is 0.190. The molecule has 2 aromatic carbocycles. The average Bonchev–Trinajstić information content (AvgIpc) is 2.68. The van der Waals surface area contributed by atoms with Crippen LogP contribution in [0.25, 0.3) is 0 Å². The van der Waals surface area contributed by atoms with Crippen LogP contribution in [0.2, 0.25) is 5.02 Å². The number of para-hydroxylation sites is 1. The van der Waals surface area contributed by atoms with Gasteiger partial charge in [0.2, 0.25) is 0 Å². The number of rotatable bonds is 8. The second-order valence-corrected chi connectivity index (χ2v) is 6.34. The third-order valence-corrected chi connectivity index (χ3v) is 4.41. The zero-order valence-corrected chi connectivity index (χ0v) is 15.7. The molecule has 3 aromatic rings. The maximum atomic E-state index is 13.2. The Kier molecular flexibility index (Phi) is 6.63. The molecule has 0 bridgehead atoms.